The number of fused-ring (bicyclic) bond motifs is 1. The van der Waals surface area contributed by atoms with Gasteiger partial charge in [-0.15, -0.1) is 0 Å². The second-order valence-corrected chi connectivity index (χ2v) is 8.60. The molecule has 5 rings (SSSR count). The summed E-state index contributed by atoms with van der Waals surface area (Å²) in [6.45, 7) is 1.87. The lowest BCUT2D eigenvalue weighted by Gasteiger charge is -2.09. The van der Waals surface area contributed by atoms with Crippen molar-refractivity contribution in [3.8, 4) is 22.5 Å². The number of carbonyl (C=O) groups is 1. The van der Waals surface area contributed by atoms with Crippen molar-refractivity contribution < 1.29 is 13.6 Å². The number of benzene rings is 3. The van der Waals surface area contributed by atoms with Gasteiger partial charge in [-0.3, -0.25) is 4.79 Å². The van der Waals surface area contributed by atoms with Gasteiger partial charge in [0.2, 0.25) is 0 Å². The smallest absolute Gasteiger partial charge is 0.344 e. The third-order valence-corrected chi connectivity index (χ3v) is 6.00. The lowest BCUT2D eigenvalue weighted by Crippen LogP contribution is -2.11. The predicted octanol–water partition coefficient (Wildman–Crippen LogP) is 7.59. The van der Waals surface area contributed by atoms with E-state index in [9.17, 15) is 9.59 Å². The lowest BCUT2D eigenvalue weighted by atomic mass is 10.0. The van der Waals surface area contributed by atoms with Crippen molar-refractivity contribution in [3.63, 3.8) is 0 Å². The first kappa shape index (κ1) is 22.0. The van der Waals surface area contributed by atoms with Gasteiger partial charge in [0.1, 0.15) is 11.3 Å². The number of halogens is 2. The molecule has 0 fully saturated rings. The average Bonchev–Trinajstić information content (AvgIpc) is 3.31. The molecule has 0 bridgehead atoms. The van der Waals surface area contributed by atoms with E-state index in [0.29, 0.717) is 38.2 Å². The molecular formula is C27H17Cl2NO4. The molecule has 2 heterocycles. The first-order valence-electron chi connectivity index (χ1n) is 10.4. The molecular weight excluding hydrogens is 473 g/mol. The Bertz CT molecular complexity index is 1620. The van der Waals surface area contributed by atoms with Gasteiger partial charge in [-0.25, -0.2) is 4.79 Å². The second-order valence-electron chi connectivity index (χ2n) is 7.76. The number of para-hydroxylation sites is 1. The summed E-state index contributed by atoms with van der Waals surface area (Å²) in [6.07, 6.45) is 0. The van der Waals surface area contributed by atoms with Crippen LogP contribution in [0.15, 0.2) is 92.5 Å². The standard InChI is InChI=1S/C27H17Cl2NO4/c1-15-12-18(7-8-19(15)20-13-16-4-2-3-5-23(16)34-27(20)32)30-26(31)25-11-10-24(33-25)21-14-17(28)6-9-22(21)29/h2-14H,1H3,(H,30,31). The van der Waals surface area contributed by atoms with E-state index in [4.69, 9.17) is 32.0 Å². The van der Waals surface area contributed by atoms with E-state index in [1.54, 1.807) is 54.6 Å². The quantitative estimate of drug-likeness (QED) is 0.264. The molecule has 0 aliphatic rings. The fourth-order valence-electron chi connectivity index (χ4n) is 3.78. The van der Waals surface area contributed by atoms with E-state index >= 15 is 0 Å². The molecule has 0 atom stereocenters. The van der Waals surface area contributed by atoms with E-state index in [1.807, 2.05) is 31.2 Å². The van der Waals surface area contributed by atoms with Crippen LogP contribution < -0.4 is 10.9 Å². The first-order chi connectivity index (χ1) is 16.4. The molecule has 3 aromatic carbocycles. The summed E-state index contributed by atoms with van der Waals surface area (Å²) < 4.78 is 11.2. The Morgan fingerprint density at radius 3 is 2.47 bits per heavy atom. The van der Waals surface area contributed by atoms with Crippen LogP contribution in [0.3, 0.4) is 0 Å². The highest BCUT2D eigenvalue weighted by molar-refractivity contribution is 6.35. The minimum Gasteiger partial charge on any atom is -0.451 e. The minimum atomic E-state index is -0.415. The molecule has 0 radical (unpaired) electrons. The maximum atomic E-state index is 12.7. The summed E-state index contributed by atoms with van der Waals surface area (Å²) in [6, 6.07) is 22.7. The molecule has 5 nitrogen and oxygen atoms in total. The Morgan fingerprint density at radius 1 is 0.824 bits per heavy atom. The Balaban J connectivity index is 1.39. The van der Waals surface area contributed by atoms with Gasteiger partial charge in [0.15, 0.2) is 5.76 Å². The molecule has 1 amide bonds. The van der Waals surface area contributed by atoms with Gasteiger partial charge in [0.05, 0.1) is 10.6 Å². The number of hydrogen-bond acceptors (Lipinski definition) is 4. The monoisotopic (exact) mass is 489 g/mol. The van der Waals surface area contributed by atoms with Crippen LogP contribution in [0.4, 0.5) is 5.69 Å². The van der Waals surface area contributed by atoms with Gasteiger partial charge in [-0.05, 0) is 72.6 Å². The van der Waals surface area contributed by atoms with E-state index in [-0.39, 0.29) is 5.76 Å². The molecule has 0 unspecified atom stereocenters. The Morgan fingerprint density at radius 2 is 1.65 bits per heavy atom. The number of hydrogen-bond donors (Lipinski definition) is 1. The molecule has 0 aliphatic heterocycles. The molecule has 34 heavy (non-hydrogen) atoms. The zero-order valence-corrected chi connectivity index (χ0v) is 19.4. The minimum absolute atomic E-state index is 0.128. The van der Waals surface area contributed by atoms with Crippen LogP contribution in [0.1, 0.15) is 16.1 Å². The van der Waals surface area contributed by atoms with Crippen molar-refractivity contribution in [3.05, 3.63) is 111 Å². The van der Waals surface area contributed by atoms with Gasteiger partial charge in [0, 0.05) is 21.7 Å². The van der Waals surface area contributed by atoms with Crippen LogP contribution in [-0.4, -0.2) is 5.91 Å². The number of anilines is 1. The number of amides is 1. The number of rotatable bonds is 4. The van der Waals surface area contributed by atoms with Crippen molar-refractivity contribution in [2.24, 2.45) is 0 Å². The normalized spacial score (nSPS) is 11.0. The highest BCUT2D eigenvalue weighted by Gasteiger charge is 2.16. The number of nitrogens with one attached hydrogen (secondary N) is 1. The number of furan rings is 1. The van der Waals surface area contributed by atoms with Crippen molar-refractivity contribution >= 4 is 45.8 Å². The van der Waals surface area contributed by atoms with E-state index in [2.05, 4.69) is 5.32 Å². The third-order valence-electron chi connectivity index (χ3n) is 5.44. The molecule has 5 aromatic rings. The van der Waals surface area contributed by atoms with Crippen LogP contribution in [0, 0.1) is 6.92 Å². The number of aryl methyl sites for hydroxylation is 1. The van der Waals surface area contributed by atoms with E-state index in [1.165, 1.54) is 0 Å². The summed E-state index contributed by atoms with van der Waals surface area (Å²) in [7, 11) is 0. The SMILES string of the molecule is Cc1cc(NC(=O)c2ccc(-c3cc(Cl)ccc3Cl)o2)ccc1-c1cc2ccccc2oc1=O. The van der Waals surface area contributed by atoms with E-state index < -0.39 is 11.5 Å². The highest BCUT2D eigenvalue weighted by Crippen LogP contribution is 2.32. The zero-order chi connectivity index (χ0) is 23.8. The van der Waals surface area contributed by atoms with E-state index in [0.717, 1.165) is 16.5 Å². The Labute approximate surface area is 204 Å². The van der Waals surface area contributed by atoms with Gasteiger partial charge >= 0.3 is 5.63 Å². The van der Waals surface area contributed by atoms with Gasteiger partial charge in [-0.2, -0.15) is 0 Å². The molecule has 1 N–H and O–H groups in total. The largest absolute Gasteiger partial charge is 0.451 e. The molecule has 2 aromatic heterocycles. The van der Waals surface area contributed by atoms with Crippen LogP contribution >= 0.6 is 23.2 Å². The molecule has 0 aliphatic carbocycles. The molecule has 0 spiro atoms. The van der Waals surface area contributed by atoms with Crippen LogP contribution in [0.25, 0.3) is 33.4 Å². The maximum absolute atomic E-state index is 12.7. The fourth-order valence-corrected chi connectivity index (χ4v) is 4.16. The van der Waals surface area contributed by atoms with Crippen molar-refractivity contribution in [2.75, 3.05) is 5.32 Å². The summed E-state index contributed by atoms with van der Waals surface area (Å²) in [5.74, 6) is 0.150. The summed E-state index contributed by atoms with van der Waals surface area (Å²) in [4.78, 5) is 25.3. The Kier molecular flexibility index (Phi) is 5.74. The summed E-state index contributed by atoms with van der Waals surface area (Å²) >= 11 is 12.3. The fraction of sp³-hybridized carbons (Fsp3) is 0.0370. The van der Waals surface area contributed by atoms with Crippen molar-refractivity contribution in [1.29, 1.82) is 0 Å². The van der Waals surface area contributed by atoms with Crippen molar-refractivity contribution in [2.45, 2.75) is 6.92 Å². The highest BCUT2D eigenvalue weighted by atomic mass is 35.5. The second kappa shape index (κ2) is 8.86. The Hall–Kier alpha value is -3.80. The van der Waals surface area contributed by atoms with Gasteiger partial charge < -0.3 is 14.2 Å². The van der Waals surface area contributed by atoms with Crippen LogP contribution in [0.5, 0.6) is 0 Å². The van der Waals surface area contributed by atoms with Crippen molar-refractivity contribution in [1.82, 2.24) is 0 Å². The van der Waals surface area contributed by atoms with Gasteiger partial charge in [-0.1, -0.05) is 47.5 Å². The molecule has 0 saturated heterocycles. The van der Waals surface area contributed by atoms with Crippen LogP contribution in [0.2, 0.25) is 10.0 Å². The lowest BCUT2D eigenvalue weighted by molar-refractivity contribution is 0.0997. The summed E-state index contributed by atoms with van der Waals surface area (Å²) in [5, 5.41) is 4.63. The average molecular weight is 490 g/mol. The third kappa shape index (κ3) is 4.23. The van der Waals surface area contributed by atoms with Crippen LogP contribution in [-0.2, 0) is 0 Å². The number of carbonyl (C=O) groups excluding carboxylic acids is 1. The molecule has 7 heteroatoms. The topological polar surface area (TPSA) is 72.5 Å². The zero-order valence-electron chi connectivity index (χ0n) is 17.9. The summed E-state index contributed by atoms with van der Waals surface area (Å²) in [5.41, 5.74) is 3.29. The molecule has 0 saturated carbocycles. The van der Waals surface area contributed by atoms with Gasteiger partial charge in [0.25, 0.3) is 5.91 Å². The predicted molar refractivity (Wildman–Crippen MR) is 135 cm³/mol. The maximum Gasteiger partial charge on any atom is 0.344 e. The molecule has 168 valence electrons. The first-order valence-corrected chi connectivity index (χ1v) is 11.2.